The predicted octanol–water partition coefficient (Wildman–Crippen LogP) is -0.337. The van der Waals surface area contributed by atoms with Gasteiger partial charge in [-0.2, -0.15) is 0 Å². The van der Waals surface area contributed by atoms with Gasteiger partial charge in [0.1, 0.15) is 54.9 Å². The summed E-state index contributed by atoms with van der Waals surface area (Å²) in [7, 11) is 16.4. The van der Waals surface area contributed by atoms with Gasteiger partial charge in [-0.3, -0.25) is 0 Å². The second-order valence-corrected chi connectivity index (χ2v) is 16.4. The molecule has 54 heavy (non-hydrogen) atoms. The topological polar surface area (TPSA) is 9.86 Å². The van der Waals surface area contributed by atoms with Gasteiger partial charge in [-0.1, -0.05) is 108 Å². The van der Waals surface area contributed by atoms with Crippen LogP contribution < -0.4 is 38.2 Å². The molecule has 2 heterocycles. The van der Waals surface area contributed by atoms with E-state index in [0.717, 1.165) is 0 Å². The third-order valence-corrected chi connectivity index (χ3v) is 13.4. The van der Waals surface area contributed by atoms with Crippen LogP contribution in [0.3, 0.4) is 0 Å². The van der Waals surface area contributed by atoms with Crippen LogP contribution >= 0.6 is 0 Å². The van der Waals surface area contributed by atoms with Crippen molar-refractivity contribution in [2.45, 2.75) is 19.3 Å². The zero-order valence-corrected chi connectivity index (χ0v) is 32.9. The predicted molar refractivity (Wildman–Crippen MR) is 255 cm³/mol. The van der Waals surface area contributed by atoms with Gasteiger partial charge in [-0.15, -0.1) is 10.9 Å². The monoisotopic (exact) mass is 684 g/mol. The van der Waals surface area contributed by atoms with Crippen LogP contribution in [0.1, 0.15) is 25.0 Å². The highest BCUT2D eigenvalue weighted by Gasteiger charge is 2.41. The molecule has 0 spiro atoms. The first-order valence-corrected chi connectivity index (χ1v) is 19.4. The van der Waals surface area contributed by atoms with Gasteiger partial charge < -0.3 is 9.13 Å². The molecule has 0 amide bonds. The summed E-state index contributed by atoms with van der Waals surface area (Å²) >= 11 is 0. The molecule has 7 aromatic carbocycles. The highest BCUT2D eigenvalue weighted by molar-refractivity contribution is 6.65. The van der Waals surface area contributed by atoms with Crippen molar-refractivity contribution in [3.8, 4) is 33.6 Å². The minimum atomic E-state index is -0.0691. The number of nitrogens with zero attached hydrogens (tertiary/aromatic N) is 2. The molecule has 250 valence electrons. The molecule has 0 unspecified atom stereocenters. The average Bonchev–Trinajstić information content (AvgIpc) is 3.78. The fourth-order valence-corrected chi connectivity index (χ4v) is 10.5. The molecule has 0 saturated heterocycles. The Hall–Kier alpha value is -5.41. The van der Waals surface area contributed by atoms with Gasteiger partial charge in [0.05, 0.1) is 22.1 Å². The molecular weight excluding hydrogens is 644 g/mol. The average molecular weight is 684 g/mol. The smallest absolute Gasteiger partial charge is 0.142 e. The molecule has 0 fully saturated rings. The minimum absolute atomic E-state index is 0.0691. The fraction of sp³-hybridized carbons (Fsp3) is 0.0667. The van der Waals surface area contributed by atoms with Crippen LogP contribution in [0.25, 0.3) is 77.2 Å². The molecular formula is C45H39B7N2. The molecule has 2 aromatic heterocycles. The SMILES string of the molecule is Bc1c(B)c(B)c2c(c1B)-c1c(B)c(-n3c4ccccc4c4cc(-c5ccc6c(c5)c5ccccc5n6-c5ccccc5)ccc43)c(B)c(B)c1C2(C)C. The van der Waals surface area contributed by atoms with Crippen molar-refractivity contribution in [3.05, 3.63) is 126 Å². The zero-order valence-electron chi connectivity index (χ0n) is 32.9. The van der Waals surface area contributed by atoms with Gasteiger partial charge in [-0.25, -0.2) is 0 Å². The van der Waals surface area contributed by atoms with Crippen molar-refractivity contribution in [1.82, 2.24) is 9.13 Å². The summed E-state index contributed by atoms with van der Waals surface area (Å²) < 4.78 is 4.95. The van der Waals surface area contributed by atoms with Crippen LogP contribution in [0.5, 0.6) is 0 Å². The molecule has 0 aliphatic heterocycles. The molecule has 2 nitrogen and oxygen atoms in total. The van der Waals surface area contributed by atoms with Crippen LogP contribution in [-0.2, 0) is 5.41 Å². The summed E-state index contributed by atoms with van der Waals surface area (Å²) in [5.41, 5.74) is 25.6. The number of aromatic nitrogens is 2. The van der Waals surface area contributed by atoms with Gasteiger partial charge in [0.25, 0.3) is 0 Å². The fourth-order valence-electron chi connectivity index (χ4n) is 10.5. The number of rotatable bonds is 3. The van der Waals surface area contributed by atoms with Crippen LogP contribution in [0, 0.1) is 0 Å². The quantitative estimate of drug-likeness (QED) is 0.226. The van der Waals surface area contributed by atoms with E-state index in [1.807, 2.05) is 0 Å². The highest BCUT2D eigenvalue weighted by Crippen LogP contribution is 2.45. The summed E-state index contributed by atoms with van der Waals surface area (Å²) in [5.74, 6) is 0. The summed E-state index contributed by atoms with van der Waals surface area (Å²) in [5, 5.41) is 5.11. The Kier molecular flexibility index (Phi) is 7.10. The Balaban J connectivity index is 1.21. The standard InChI is InChI=1S/C45H39B7N2/c1-45(2)35-33(37(46)41(50)42(51)39(35)48)34-36(45)40(49)43(52)44(38(34)47)54-30-15-9-7-13-26(30)28-21-23(17-19-32(28)54)22-16-18-31-27(20-22)25-12-6-8-14-29(25)53(31)24-10-4-3-5-11-24/h3-21H,46-52H2,1-2H3. The van der Waals surface area contributed by atoms with Crippen LogP contribution in [0.4, 0.5) is 0 Å². The van der Waals surface area contributed by atoms with E-state index in [2.05, 4.69) is 193 Å². The van der Waals surface area contributed by atoms with Crippen LogP contribution in [0.15, 0.2) is 115 Å². The van der Waals surface area contributed by atoms with Gasteiger partial charge in [0, 0.05) is 38.3 Å². The second-order valence-electron chi connectivity index (χ2n) is 16.4. The van der Waals surface area contributed by atoms with Gasteiger partial charge in [0.2, 0.25) is 0 Å². The van der Waals surface area contributed by atoms with E-state index in [1.165, 1.54) is 127 Å². The van der Waals surface area contributed by atoms with E-state index in [-0.39, 0.29) is 5.41 Å². The first-order chi connectivity index (χ1) is 26.0. The Morgan fingerprint density at radius 2 is 0.833 bits per heavy atom. The third-order valence-electron chi connectivity index (χ3n) is 13.4. The first kappa shape index (κ1) is 33.2. The number of hydrogen-bond acceptors (Lipinski definition) is 0. The molecule has 0 saturated carbocycles. The second kappa shape index (κ2) is 11.5. The zero-order chi connectivity index (χ0) is 37.4. The Morgan fingerprint density at radius 1 is 0.389 bits per heavy atom. The number of benzene rings is 7. The molecule has 0 radical (unpaired) electrons. The third kappa shape index (κ3) is 4.27. The van der Waals surface area contributed by atoms with E-state index in [9.17, 15) is 0 Å². The van der Waals surface area contributed by atoms with Crippen LogP contribution in [-0.4, -0.2) is 64.1 Å². The Morgan fingerprint density at radius 3 is 1.43 bits per heavy atom. The molecule has 9 aromatic rings. The molecule has 0 bridgehead atoms. The lowest BCUT2D eigenvalue weighted by Gasteiger charge is -2.29. The van der Waals surface area contributed by atoms with E-state index in [0.29, 0.717) is 0 Å². The van der Waals surface area contributed by atoms with Crippen molar-refractivity contribution >= 4 is 137 Å². The van der Waals surface area contributed by atoms with Crippen molar-refractivity contribution in [1.29, 1.82) is 0 Å². The van der Waals surface area contributed by atoms with Gasteiger partial charge >= 0.3 is 0 Å². The lowest BCUT2D eigenvalue weighted by Crippen LogP contribution is -2.51. The number of fused-ring (bicyclic) bond motifs is 9. The van der Waals surface area contributed by atoms with Crippen LogP contribution in [0.2, 0.25) is 0 Å². The largest absolute Gasteiger partial charge is 0.310 e. The van der Waals surface area contributed by atoms with E-state index in [4.69, 9.17) is 0 Å². The molecule has 1 aliphatic carbocycles. The van der Waals surface area contributed by atoms with Crippen molar-refractivity contribution in [2.24, 2.45) is 0 Å². The van der Waals surface area contributed by atoms with E-state index >= 15 is 0 Å². The van der Waals surface area contributed by atoms with Crippen molar-refractivity contribution < 1.29 is 0 Å². The summed E-state index contributed by atoms with van der Waals surface area (Å²) in [6, 6.07) is 42.6. The lowest BCUT2D eigenvalue weighted by molar-refractivity contribution is 0.670. The lowest BCUT2D eigenvalue weighted by atomic mass is 9.61. The van der Waals surface area contributed by atoms with Crippen molar-refractivity contribution in [3.63, 3.8) is 0 Å². The minimum Gasteiger partial charge on any atom is -0.310 e. The summed E-state index contributed by atoms with van der Waals surface area (Å²) in [6.07, 6.45) is 0. The maximum absolute atomic E-state index is 2.57. The number of para-hydroxylation sites is 3. The maximum Gasteiger partial charge on any atom is 0.142 e. The Bertz CT molecular complexity index is 3100. The molecule has 1 aliphatic rings. The summed E-state index contributed by atoms with van der Waals surface area (Å²) in [6.45, 7) is 4.90. The van der Waals surface area contributed by atoms with Gasteiger partial charge in [0.15, 0.2) is 0 Å². The normalized spacial score (nSPS) is 13.3. The summed E-state index contributed by atoms with van der Waals surface area (Å²) in [4.78, 5) is 0. The highest BCUT2D eigenvalue weighted by atomic mass is 15.0. The first-order valence-electron chi connectivity index (χ1n) is 19.4. The number of hydrogen-bond donors (Lipinski definition) is 0. The van der Waals surface area contributed by atoms with E-state index < -0.39 is 0 Å². The molecule has 10 rings (SSSR count). The molecule has 0 atom stereocenters. The van der Waals surface area contributed by atoms with Gasteiger partial charge in [-0.05, 0) is 81.9 Å². The van der Waals surface area contributed by atoms with Crippen molar-refractivity contribution in [2.75, 3.05) is 0 Å². The van der Waals surface area contributed by atoms with E-state index in [1.54, 1.807) is 0 Å². The Labute approximate surface area is 323 Å². The molecule has 0 N–H and O–H groups in total. The molecule has 9 heteroatoms. The maximum atomic E-state index is 2.57.